The van der Waals surface area contributed by atoms with Crippen molar-refractivity contribution in [3.8, 4) is 17.2 Å². The lowest BCUT2D eigenvalue weighted by atomic mass is 9.94. The molecule has 7 nitrogen and oxygen atoms in total. The monoisotopic (exact) mass is 463 g/mol. The number of hydrogen-bond acceptors (Lipinski definition) is 6. The summed E-state index contributed by atoms with van der Waals surface area (Å²) in [5.74, 6) is -1.34. The van der Waals surface area contributed by atoms with Crippen LogP contribution in [0.5, 0.6) is 17.2 Å². The number of anilines is 1. The van der Waals surface area contributed by atoms with Crippen LogP contribution in [-0.4, -0.2) is 38.1 Å². The molecule has 1 aliphatic rings. The number of nitrogens with zero attached hydrogens (tertiary/aromatic N) is 1. The van der Waals surface area contributed by atoms with Crippen molar-refractivity contribution in [3.05, 3.63) is 89.2 Å². The average molecular weight is 463 g/mol. The summed E-state index contributed by atoms with van der Waals surface area (Å²) in [4.78, 5) is 27.7. The van der Waals surface area contributed by atoms with E-state index in [1.54, 1.807) is 36.4 Å². The third-order valence-electron chi connectivity index (χ3n) is 5.64. The number of carbonyl (C=O) groups excluding carboxylic acids is 2. The van der Waals surface area contributed by atoms with Crippen molar-refractivity contribution in [2.45, 2.75) is 6.04 Å². The fourth-order valence-corrected chi connectivity index (χ4v) is 3.95. The molecule has 1 atom stereocenters. The van der Waals surface area contributed by atoms with E-state index < -0.39 is 29.3 Å². The van der Waals surface area contributed by atoms with E-state index in [2.05, 4.69) is 0 Å². The largest absolute Gasteiger partial charge is 0.507 e. The summed E-state index contributed by atoms with van der Waals surface area (Å²) < 4.78 is 29.4. The average Bonchev–Trinajstić information content (AvgIpc) is 3.14. The number of hydrogen-bond donors (Lipinski definition) is 1. The van der Waals surface area contributed by atoms with E-state index >= 15 is 0 Å². The molecular formula is C26H22FNO6. The van der Waals surface area contributed by atoms with Crippen LogP contribution < -0.4 is 19.1 Å². The highest BCUT2D eigenvalue weighted by Crippen LogP contribution is 2.44. The summed E-state index contributed by atoms with van der Waals surface area (Å²) in [6.45, 7) is 0. The number of benzene rings is 3. The minimum Gasteiger partial charge on any atom is -0.507 e. The van der Waals surface area contributed by atoms with E-state index in [0.29, 0.717) is 28.5 Å². The van der Waals surface area contributed by atoms with Gasteiger partial charge in [-0.05, 0) is 60.2 Å². The number of halogens is 1. The van der Waals surface area contributed by atoms with Crippen LogP contribution >= 0.6 is 0 Å². The molecule has 1 heterocycles. The Hall–Kier alpha value is -4.33. The van der Waals surface area contributed by atoms with Gasteiger partial charge in [0, 0.05) is 5.69 Å². The third kappa shape index (κ3) is 3.94. The van der Waals surface area contributed by atoms with Crippen LogP contribution in [0.25, 0.3) is 5.76 Å². The highest BCUT2D eigenvalue weighted by atomic mass is 19.1. The van der Waals surface area contributed by atoms with Crippen molar-refractivity contribution < 1.29 is 33.3 Å². The summed E-state index contributed by atoms with van der Waals surface area (Å²) in [5, 5.41) is 11.3. The number of ketones is 1. The molecule has 3 aromatic carbocycles. The molecule has 8 heteroatoms. The van der Waals surface area contributed by atoms with Crippen LogP contribution in [0.15, 0.2) is 72.3 Å². The van der Waals surface area contributed by atoms with E-state index in [1.807, 2.05) is 0 Å². The third-order valence-corrected chi connectivity index (χ3v) is 5.64. The summed E-state index contributed by atoms with van der Waals surface area (Å²) in [7, 11) is 4.42. The van der Waals surface area contributed by atoms with Gasteiger partial charge in [0.1, 0.15) is 28.8 Å². The Labute approximate surface area is 195 Å². The summed E-state index contributed by atoms with van der Waals surface area (Å²) in [6.07, 6.45) is 0. The van der Waals surface area contributed by atoms with Gasteiger partial charge in [-0.25, -0.2) is 4.39 Å². The van der Waals surface area contributed by atoms with Crippen LogP contribution in [0.1, 0.15) is 17.2 Å². The Morgan fingerprint density at radius 1 is 0.853 bits per heavy atom. The number of amides is 1. The van der Waals surface area contributed by atoms with Gasteiger partial charge in [0.05, 0.1) is 38.5 Å². The van der Waals surface area contributed by atoms with E-state index in [0.717, 1.165) is 0 Å². The lowest BCUT2D eigenvalue weighted by molar-refractivity contribution is -0.132. The first-order chi connectivity index (χ1) is 16.4. The summed E-state index contributed by atoms with van der Waals surface area (Å²) >= 11 is 0. The van der Waals surface area contributed by atoms with Gasteiger partial charge in [-0.2, -0.15) is 0 Å². The molecule has 0 spiro atoms. The van der Waals surface area contributed by atoms with Crippen molar-refractivity contribution in [2.24, 2.45) is 0 Å². The fourth-order valence-electron chi connectivity index (χ4n) is 3.95. The lowest BCUT2D eigenvalue weighted by Gasteiger charge is -2.25. The molecule has 1 fully saturated rings. The number of Topliss-reactive ketones (excluding diaryl/α,β-unsaturated/α-hetero) is 1. The predicted molar refractivity (Wildman–Crippen MR) is 124 cm³/mol. The van der Waals surface area contributed by atoms with Crippen molar-refractivity contribution in [1.29, 1.82) is 0 Å². The lowest BCUT2D eigenvalue weighted by Crippen LogP contribution is -2.29. The molecule has 1 saturated heterocycles. The molecule has 0 aliphatic carbocycles. The van der Waals surface area contributed by atoms with Crippen LogP contribution in [0, 0.1) is 5.82 Å². The molecule has 3 aromatic rings. The molecule has 1 amide bonds. The number of aliphatic hydroxyl groups is 1. The number of carbonyl (C=O) groups is 2. The first kappa shape index (κ1) is 22.8. The Bertz CT molecular complexity index is 1270. The van der Waals surface area contributed by atoms with Gasteiger partial charge in [-0.15, -0.1) is 0 Å². The van der Waals surface area contributed by atoms with Crippen LogP contribution in [-0.2, 0) is 9.59 Å². The fraction of sp³-hybridized carbons (Fsp3) is 0.154. The minimum absolute atomic E-state index is 0.133. The molecular weight excluding hydrogens is 441 g/mol. The van der Waals surface area contributed by atoms with Crippen molar-refractivity contribution in [1.82, 2.24) is 0 Å². The van der Waals surface area contributed by atoms with E-state index in [9.17, 15) is 19.1 Å². The molecule has 0 bridgehead atoms. The van der Waals surface area contributed by atoms with Crippen LogP contribution in [0.4, 0.5) is 10.1 Å². The van der Waals surface area contributed by atoms with Gasteiger partial charge >= 0.3 is 0 Å². The predicted octanol–water partition coefficient (Wildman–Crippen LogP) is 4.48. The van der Waals surface area contributed by atoms with Crippen LogP contribution in [0.2, 0.25) is 0 Å². The zero-order valence-electron chi connectivity index (χ0n) is 18.7. The van der Waals surface area contributed by atoms with E-state index in [-0.39, 0.29) is 11.1 Å². The summed E-state index contributed by atoms with van der Waals surface area (Å²) in [6, 6.07) is 15.8. The quantitative estimate of drug-likeness (QED) is 0.330. The zero-order chi connectivity index (χ0) is 24.4. The Balaban J connectivity index is 1.97. The van der Waals surface area contributed by atoms with Crippen molar-refractivity contribution >= 4 is 23.1 Å². The highest BCUT2D eigenvalue weighted by molar-refractivity contribution is 6.51. The van der Waals surface area contributed by atoms with Gasteiger partial charge < -0.3 is 19.3 Å². The summed E-state index contributed by atoms with van der Waals surface area (Å²) in [5.41, 5.74) is 0.914. The van der Waals surface area contributed by atoms with Gasteiger partial charge in [-0.1, -0.05) is 12.1 Å². The second kappa shape index (κ2) is 9.27. The Morgan fingerprint density at radius 3 is 2.06 bits per heavy atom. The SMILES string of the molecule is COc1ccc(C2/C(=C(\O)c3cc(OC)ccc3OC)C(=O)C(=O)N2c2ccc(F)cc2)cc1. The highest BCUT2D eigenvalue weighted by Gasteiger charge is 2.47. The van der Waals surface area contributed by atoms with E-state index in [1.165, 1.54) is 56.6 Å². The maximum absolute atomic E-state index is 13.6. The first-order valence-electron chi connectivity index (χ1n) is 10.3. The maximum Gasteiger partial charge on any atom is 0.300 e. The number of aliphatic hydroxyl groups excluding tert-OH is 1. The standard InChI is InChI=1S/C26H22FNO6/c1-32-18-10-4-15(5-11-18)23-22(24(29)20-14-19(33-2)12-13-21(20)34-3)25(30)26(31)28(23)17-8-6-16(27)7-9-17/h4-14,23,29H,1-3H3/b24-22+. The minimum atomic E-state index is -0.979. The first-order valence-corrected chi connectivity index (χ1v) is 10.3. The van der Waals surface area contributed by atoms with Crippen molar-refractivity contribution in [3.63, 3.8) is 0 Å². The molecule has 1 N–H and O–H groups in total. The number of methoxy groups -OCH3 is 3. The molecule has 0 aromatic heterocycles. The van der Waals surface area contributed by atoms with Crippen molar-refractivity contribution in [2.75, 3.05) is 26.2 Å². The molecule has 0 radical (unpaired) electrons. The zero-order valence-corrected chi connectivity index (χ0v) is 18.7. The van der Waals surface area contributed by atoms with Gasteiger partial charge in [0.2, 0.25) is 0 Å². The smallest absolute Gasteiger partial charge is 0.300 e. The van der Waals surface area contributed by atoms with Gasteiger partial charge in [0.15, 0.2) is 0 Å². The second-order valence-corrected chi connectivity index (χ2v) is 7.48. The van der Waals surface area contributed by atoms with E-state index in [4.69, 9.17) is 14.2 Å². The normalized spacial score (nSPS) is 17.1. The number of rotatable bonds is 6. The Morgan fingerprint density at radius 2 is 1.47 bits per heavy atom. The van der Waals surface area contributed by atoms with Gasteiger partial charge in [0.25, 0.3) is 11.7 Å². The van der Waals surface area contributed by atoms with Gasteiger partial charge in [-0.3, -0.25) is 14.5 Å². The molecule has 4 rings (SSSR count). The second-order valence-electron chi connectivity index (χ2n) is 7.48. The van der Waals surface area contributed by atoms with Crippen LogP contribution in [0.3, 0.4) is 0 Å². The molecule has 1 unspecified atom stereocenters. The maximum atomic E-state index is 13.6. The number of ether oxygens (including phenoxy) is 3. The molecule has 1 aliphatic heterocycles. The Kier molecular flexibility index (Phi) is 6.23. The topological polar surface area (TPSA) is 85.3 Å². The molecule has 34 heavy (non-hydrogen) atoms. The molecule has 174 valence electrons. The molecule has 0 saturated carbocycles.